The molecule has 2 aliphatic heterocycles. The van der Waals surface area contributed by atoms with Crippen molar-refractivity contribution in [3.8, 4) is 11.4 Å². The number of carbonyl (C=O) groups is 1. The Balaban J connectivity index is 1.73. The molecule has 0 unspecified atom stereocenters. The monoisotopic (exact) mass is 336 g/mol. The summed E-state index contributed by atoms with van der Waals surface area (Å²) in [5, 5.41) is 0. The molecule has 4 rings (SSSR count). The summed E-state index contributed by atoms with van der Waals surface area (Å²) in [6, 6.07) is 9.99. The van der Waals surface area contributed by atoms with E-state index in [9.17, 15) is 4.79 Å². The topological polar surface area (TPSA) is 49.3 Å². The zero-order chi connectivity index (χ0) is 17.1. The molecule has 2 fully saturated rings. The summed E-state index contributed by atoms with van der Waals surface area (Å²) in [7, 11) is 0. The number of nitrogens with zero attached hydrogens (tertiary/aromatic N) is 4. The van der Waals surface area contributed by atoms with Crippen molar-refractivity contribution < 1.29 is 4.79 Å². The summed E-state index contributed by atoms with van der Waals surface area (Å²) in [5.41, 5.74) is 1.64. The fourth-order valence-electron chi connectivity index (χ4n) is 3.69. The Hall–Kier alpha value is -2.43. The van der Waals surface area contributed by atoms with Crippen LogP contribution in [-0.4, -0.2) is 47.0 Å². The third-order valence-electron chi connectivity index (χ3n) is 5.08. The van der Waals surface area contributed by atoms with E-state index in [1.165, 1.54) is 6.42 Å². The highest BCUT2D eigenvalue weighted by atomic mass is 16.2. The summed E-state index contributed by atoms with van der Waals surface area (Å²) in [6.45, 7) is 3.62. The van der Waals surface area contributed by atoms with Crippen molar-refractivity contribution in [2.75, 3.05) is 31.1 Å². The lowest BCUT2D eigenvalue weighted by Gasteiger charge is -2.30. The average molecular weight is 336 g/mol. The highest BCUT2D eigenvalue weighted by Gasteiger charge is 2.26. The van der Waals surface area contributed by atoms with Crippen molar-refractivity contribution in [3.05, 3.63) is 42.1 Å². The zero-order valence-corrected chi connectivity index (χ0v) is 14.5. The predicted octanol–water partition coefficient (Wildman–Crippen LogP) is 3.37. The van der Waals surface area contributed by atoms with Crippen LogP contribution in [0.1, 0.15) is 42.5 Å². The predicted molar refractivity (Wildman–Crippen MR) is 98.7 cm³/mol. The average Bonchev–Trinajstić information content (AvgIpc) is 3.23. The van der Waals surface area contributed by atoms with Crippen LogP contribution >= 0.6 is 0 Å². The quantitative estimate of drug-likeness (QED) is 0.862. The van der Waals surface area contributed by atoms with Crippen molar-refractivity contribution in [2.45, 2.75) is 32.1 Å². The molecule has 0 saturated carbocycles. The molecule has 2 saturated heterocycles. The summed E-state index contributed by atoms with van der Waals surface area (Å²) in [4.78, 5) is 26.5. The minimum atomic E-state index is 0.0812. The molecule has 0 bridgehead atoms. The maximum Gasteiger partial charge on any atom is 0.259 e. The SMILES string of the molecule is O=C(c1cnc(-c2ccccc2)nc1N1CCCCC1)N1CCCC1. The van der Waals surface area contributed by atoms with Gasteiger partial charge in [-0.05, 0) is 32.1 Å². The minimum absolute atomic E-state index is 0.0812. The van der Waals surface area contributed by atoms with Gasteiger partial charge in [0, 0.05) is 37.9 Å². The summed E-state index contributed by atoms with van der Waals surface area (Å²) in [5.74, 6) is 1.59. The molecule has 0 spiro atoms. The Morgan fingerprint density at radius 3 is 2.28 bits per heavy atom. The van der Waals surface area contributed by atoms with Gasteiger partial charge in [-0.1, -0.05) is 30.3 Å². The lowest BCUT2D eigenvalue weighted by molar-refractivity contribution is 0.0792. The van der Waals surface area contributed by atoms with Gasteiger partial charge in [-0.15, -0.1) is 0 Å². The Morgan fingerprint density at radius 2 is 1.56 bits per heavy atom. The van der Waals surface area contributed by atoms with Crippen LogP contribution in [-0.2, 0) is 0 Å². The second-order valence-electron chi connectivity index (χ2n) is 6.84. The number of piperidine rings is 1. The smallest absolute Gasteiger partial charge is 0.259 e. The molecule has 0 radical (unpaired) electrons. The Bertz CT molecular complexity index is 735. The van der Waals surface area contributed by atoms with E-state index in [-0.39, 0.29) is 5.91 Å². The van der Waals surface area contributed by atoms with Crippen molar-refractivity contribution in [2.24, 2.45) is 0 Å². The van der Waals surface area contributed by atoms with Crippen LogP contribution in [0.5, 0.6) is 0 Å². The van der Waals surface area contributed by atoms with Crippen molar-refractivity contribution >= 4 is 11.7 Å². The Labute approximate surface area is 148 Å². The molecule has 130 valence electrons. The maximum absolute atomic E-state index is 13.0. The summed E-state index contributed by atoms with van der Waals surface area (Å²) >= 11 is 0. The Morgan fingerprint density at radius 1 is 0.880 bits per heavy atom. The first-order chi connectivity index (χ1) is 12.3. The van der Waals surface area contributed by atoms with Crippen LogP contribution in [0.2, 0.25) is 0 Å². The normalized spacial score (nSPS) is 17.8. The first-order valence-electron chi connectivity index (χ1n) is 9.29. The molecule has 3 heterocycles. The summed E-state index contributed by atoms with van der Waals surface area (Å²) in [6.07, 6.45) is 7.48. The molecule has 5 heteroatoms. The minimum Gasteiger partial charge on any atom is -0.356 e. The highest BCUT2D eigenvalue weighted by molar-refractivity contribution is 5.99. The van der Waals surface area contributed by atoms with E-state index in [1.54, 1.807) is 6.20 Å². The van der Waals surface area contributed by atoms with Crippen LogP contribution in [0.25, 0.3) is 11.4 Å². The van der Waals surface area contributed by atoms with Crippen LogP contribution in [0.15, 0.2) is 36.5 Å². The fourth-order valence-corrected chi connectivity index (χ4v) is 3.69. The number of benzene rings is 1. The van der Waals surface area contributed by atoms with E-state index in [2.05, 4.69) is 9.88 Å². The summed E-state index contributed by atoms with van der Waals surface area (Å²) < 4.78 is 0. The first kappa shape index (κ1) is 16.1. The number of hydrogen-bond donors (Lipinski definition) is 0. The van der Waals surface area contributed by atoms with E-state index in [4.69, 9.17) is 4.98 Å². The maximum atomic E-state index is 13.0. The molecule has 2 aromatic rings. The van der Waals surface area contributed by atoms with Gasteiger partial charge in [0.15, 0.2) is 5.82 Å². The highest BCUT2D eigenvalue weighted by Crippen LogP contribution is 2.27. The first-order valence-corrected chi connectivity index (χ1v) is 9.29. The van der Waals surface area contributed by atoms with Crippen LogP contribution in [0.3, 0.4) is 0 Å². The lowest BCUT2D eigenvalue weighted by Crippen LogP contribution is -2.35. The molecular weight excluding hydrogens is 312 g/mol. The third kappa shape index (κ3) is 3.36. The van der Waals surface area contributed by atoms with E-state index in [0.717, 1.165) is 63.2 Å². The van der Waals surface area contributed by atoms with Gasteiger partial charge >= 0.3 is 0 Å². The number of anilines is 1. The van der Waals surface area contributed by atoms with Gasteiger partial charge < -0.3 is 9.80 Å². The molecule has 5 nitrogen and oxygen atoms in total. The molecule has 25 heavy (non-hydrogen) atoms. The van der Waals surface area contributed by atoms with Gasteiger partial charge in [-0.25, -0.2) is 9.97 Å². The van der Waals surface area contributed by atoms with Gasteiger partial charge in [0.1, 0.15) is 11.4 Å². The number of hydrogen-bond acceptors (Lipinski definition) is 4. The standard InChI is InChI=1S/C20H24N4O/c25-20(24-13-7-8-14-24)17-15-21-18(16-9-3-1-4-10-16)22-19(17)23-11-5-2-6-12-23/h1,3-4,9-10,15H,2,5-8,11-14H2. The fraction of sp³-hybridized carbons (Fsp3) is 0.450. The molecular formula is C20H24N4O. The number of aromatic nitrogens is 2. The molecule has 1 aromatic heterocycles. The van der Waals surface area contributed by atoms with Gasteiger partial charge in [-0.2, -0.15) is 0 Å². The van der Waals surface area contributed by atoms with Gasteiger partial charge in [0.2, 0.25) is 0 Å². The number of rotatable bonds is 3. The lowest BCUT2D eigenvalue weighted by atomic mass is 10.1. The van der Waals surface area contributed by atoms with E-state index < -0.39 is 0 Å². The van der Waals surface area contributed by atoms with Crippen LogP contribution in [0, 0.1) is 0 Å². The number of amides is 1. The van der Waals surface area contributed by atoms with Crippen LogP contribution < -0.4 is 4.90 Å². The van der Waals surface area contributed by atoms with E-state index >= 15 is 0 Å². The van der Waals surface area contributed by atoms with Crippen molar-refractivity contribution in [1.82, 2.24) is 14.9 Å². The van der Waals surface area contributed by atoms with Crippen LogP contribution in [0.4, 0.5) is 5.82 Å². The second kappa shape index (κ2) is 7.21. The number of likely N-dealkylation sites (tertiary alicyclic amines) is 1. The van der Waals surface area contributed by atoms with E-state index in [1.807, 2.05) is 35.2 Å². The number of carbonyl (C=O) groups excluding carboxylic acids is 1. The Kier molecular flexibility index (Phi) is 4.63. The van der Waals surface area contributed by atoms with E-state index in [0.29, 0.717) is 11.4 Å². The molecule has 1 amide bonds. The molecule has 0 aliphatic carbocycles. The zero-order valence-electron chi connectivity index (χ0n) is 14.5. The van der Waals surface area contributed by atoms with Gasteiger partial charge in [-0.3, -0.25) is 4.79 Å². The van der Waals surface area contributed by atoms with Gasteiger partial charge in [0.05, 0.1) is 0 Å². The molecule has 0 atom stereocenters. The van der Waals surface area contributed by atoms with Crippen molar-refractivity contribution in [3.63, 3.8) is 0 Å². The molecule has 1 aromatic carbocycles. The largest absolute Gasteiger partial charge is 0.356 e. The third-order valence-corrected chi connectivity index (χ3v) is 5.08. The van der Waals surface area contributed by atoms with Gasteiger partial charge in [0.25, 0.3) is 5.91 Å². The van der Waals surface area contributed by atoms with Crippen molar-refractivity contribution in [1.29, 1.82) is 0 Å². The second-order valence-corrected chi connectivity index (χ2v) is 6.84. The molecule has 2 aliphatic rings. The molecule has 0 N–H and O–H groups in total.